The molecule has 35 heavy (non-hydrogen) atoms. The molecule has 5 rings (SSSR count). The normalized spacial score (nSPS) is 11.8. The lowest BCUT2D eigenvalue weighted by atomic mass is 10.0. The molecule has 0 N–H and O–H groups in total. The van der Waals surface area contributed by atoms with Crippen molar-refractivity contribution in [3.63, 3.8) is 0 Å². The van der Waals surface area contributed by atoms with E-state index in [1.54, 1.807) is 24.8 Å². The highest BCUT2D eigenvalue weighted by Gasteiger charge is 2.19. The van der Waals surface area contributed by atoms with Gasteiger partial charge in [0.1, 0.15) is 0 Å². The summed E-state index contributed by atoms with van der Waals surface area (Å²) >= 11 is 0. The van der Waals surface area contributed by atoms with Gasteiger partial charge in [-0.3, -0.25) is 14.8 Å². The minimum absolute atomic E-state index is 0.0874. The van der Waals surface area contributed by atoms with Crippen molar-refractivity contribution >= 4 is 28.1 Å². The van der Waals surface area contributed by atoms with Crippen LogP contribution in [0.5, 0.6) is 0 Å². The van der Waals surface area contributed by atoms with E-state index in [0.29, 0.717) is 16.8 Å². The van der Waals surface area contributed by atoms with Gasteiger partial charge in [-0.1, -0.05) is 67.6 Å². The van der Waals surface area contributed by atoms with Gasteiger partial charge >= 0.3 is 0 Å². The Morgan fingerprint density at radius 1 is 0.886 bits per heavy atom. The molecular formula is C30H26N4O. The van der Waals surface area contributed by atoms with Crippen molar-refractivity contribution in [1.29, 1.82) is 0 Å². The molecule has 2 aromatic carbocycles. The van der Waals surface area contributed by atoms with Gasteiger partial charge in [-0.05, 0) is 25.5 Å². The van der Waals surface area contributed by atoms with Crippen LogP contribution >= 0.6 is 0 Å². The highest BCUT2D eigenvalue weighted by Crippen LogP contribution is 2.28. The van der Waals surface area contributed by atoms with Gasteiger partial charge in [0, 0.05) is 58.5 Å². The molecule has 5 aromatic rings. The summed E-state index contributed by atoms with van der Waals surface area (Å²) in [5.74, 6) is -0.0874. The van der Waals surface area contributed by atoms with Crippen molar-refractivity contribution in [3.05, 3.63) is 126 Å². The summed E-state index contributed by atoms with van der Waals surface area (Å²) in [5.41, 5.74) is 5.59. The van der Waals surface area contributed by atoms with Gasteiger partial charge in [0.25, 0.3) is 0 Å². The van der Waals surface area contributed by atoms with E-state index in [9.17, 15) is 4.79 Å². The zero-order chi connectivity index (χ0) is 24.2. The minimum Gasteiger partial charge on any atom is -0.344 e. The first-order valence-electron chi connectivity index (χ1n) is 11.8. The molecule has 3 aromatic heterocycles. The van der Waals surface area contributed by atoms with Crippen molar-refractivity contribution in [2.45, 2.75) is 26.3 Å². The summed E-state index contributed by atoms with van der Waals surface area (Å²) in [6, 6.07) is 24.1. The lowest BCUT2D eigenvalue weighted by Crippen LogP contribution is -2.04. The van der Waals surface area contributed by atoms with E-state index in [1.807, 2.05) is 79.0 Å². The van der Waals surface area contributed by atoms with Crippen LogP contribution in [-0.2, 0) is 0 Å². The number of ketones is 1. The van der Waals surface area contributed by atoms with E-state index in [4.69, 9.17) is 4.99 Å². The van der Waals surface area contributed by atoms with E-state index in [1.165, 1.54) is 0 Å². The van der Waals surface area contributed by atoms with Crippen LogP contribution in [-0.4, -0.2) is 26.0 Å². The maximum atomic E-state index is 13.6. The SMILES string of the molecule is CCC(C)n1cc(C(=O)c2cncc(N=C(c3ccccc3)c3ccccc3)c2)c2cnccc21. The zero-order valence-corrected chi connectivity index (χ0v) is 19.8. The van der Waals surface area contributed by atoms with Gasteiger partial charge in [0.15, 0.2) is 5.78 Å². The quantitative estimate of drug-likeness (QED) is 0.199. The predicted molar refractivity (Wildman–Crippen MR) is 141 cm³/mol. The second-order valence-electron chi connectivity index (χ2n) is 8.55. The molecule has 5 heteroatoms. The average molecular weight is 459 g/mol. The van der Waals surface area contributed by atoms with Crippen molar-refractivity contribution < 1.29 is 4.79 Å². The Balaban J connectivity index is 1.58. The second-order valence-corrected chi connectivity index (χ2v) is 8.55. The third kappa shape index (κ3) is 4.53. The van der Waals surface area contributed by atoms with Gasteiger partial charge in [-0.15, -0.1) is 0 Å². The fourth-order valence-electron chi connectivity index (χ4n) is 4.23. The van der Waals surface area contributed by atoms with E-state index >= 15 is 0 Å². The number of carbonyl (C=O) groups is 1. The Bertz CT molecular complexity index is 1460. The number of aromatic nitrogens is 3. The fraction of sp³-hybridized carbons (Fsp3) is 0.133. The van der Waals surface area contributed by atoms with Crippen LogP contribution in [0.1, 0.15) is 53.4 Å². The van der Waals surface area contributed by atoms with E-state index in [-0.39, 0.29) is 11.8 Å². The Labute approximate surface area is 204 Å². The molecule has 5 nitrogen and oxygen atoms in total. The van der Waals surface area contributed by atoms with Crippen LogP contribution in [0.3, 0.4) is 0 Å². The molecule has 0 fully saturated rings. The molecule has 0 bridgehead atoms. The number of aliphatic imine (C=N–C) groups is 1. The molecule has 0 aliphatic heterocycles. The largest absolute Gasteiger partial charge is 0.344 e. The Morgan fingerprint density at radius 3 is 2.23 bits per heavy atom. The molecule has 0 spiro atoms. The van der Waals surface area contributed by atoms with Crippen molar-refractivity contribution in [3.8, 4) is 0 Å². The predicted octanol–water partition coefficient (Wildman–Crippen LogP) is 6.80. The van der Waals surface area contributed by atoms with Gasteiger partial charge in [0.05, 0.1) is 23.1 Å². The van der Waals surface area contributed by atoms with Crippen LogP contribution in [0.2, 0.25) is 0 Å². The molecule has 0 saturated carbocycles. The maximum absolute atomic E-state index is 13.6. The number of carbonyl (C=O) groups excluding carboxylic acids is 1. The molecule has 172 valence electrons. The van der Waals surface area contributed by atoms with Crippen molar-refractivity contribution in [2.75, 3.05) is 0 Å². The van der Waals surface area contributed by atoms with E-state index in [2.05, 4.69) is 28.4 Å². The first kappa shape index (κ1) is 22.4. The molecule has 0 amide bonds. The van der Waals surface area contributed by atoms with Crippen LogP contribution in [0, 0.1) is 0 Å². The first-order chi connectivity index (χ1) is 17.2. The zero-order valence-electron chi connectivity index (χ0n) is 19.8. The number of rotatable bonds is 7. The highest BCUT2D eigenvalue weighted by molar-refractivity contribution is 6.17. The summed E-state index contributed by atoms with van der Waals surface area (Å²) in [6.07, 6.45) is 9.73. The van der Waals surface area contributed by atoms with Crippen LogP contribution in [0.4, 0.5) is 5.69 Å². The second kappa shape index (κ2) is 9.85. The summed E-state index contributed by atoms with van der Waals surface area (Å²) in [4.78, 5) is 27.2. The molecule has 1 unspecified atom stereocenters. The smallest absolute Gasteiger partial charge is 0.196 e. The third-order valence-corrected chi connectivity index (χ3v) is 6.27. The van der Waals surface area contributed by atoms with Crippen LogP contribution < -0.4 is 0 Å². The molecule has 3 heterocycles. The molecule has 0 aliphatic carbocycles. The van der Waals surface area contributed by atoms with Crippen molar-refractivity contribution in [1.82, 2.24) is 14.5 Å². The number of nitrogens with zero attached hydrogens (tertiary/aromatic N) is 4. The molecule has 0 radical (unpaired) electrons. The standard InChI is InChI=1S/C30H26N4O/c1-3-21(2)34-20-27(26-19-31-15-14-28(26)34)30(35)24-16-25(18-32-17-24)33-29(22-10-6-4-7-11-22)23-12-8-5-9-13-23/h4-21H,3H2,1-2H3. The van der Waals surface area contributed by atoms with Gasteiger partial charge in [-0.2, -0.15) is 0 Å². The number of hydrogen-bond acceptors (Lipinski definition) is 4. The Kier molecular flexibility index (Phi) is 6.31. The topological polar surface area (TPSA) is 60.1 Å². The number of fused-ring (bicyclic) bond motifs is 1. The number of hydrogen-bond donors (Lipinski definition) is 0. The summed E-state index contributed by atoms with van der Waals surface area (Å²) in [5, 5.41) is 0.848. The van der Waals surface area contributed by atoms with Gasteiger partial charge in [-0.25, -0.2) is 4.99 Å². The molecular weight excluding hydrogens is 432 g/mol. The fourth-order valence-corrected chi connectivity index (χ4v) is 4.23. The van der Waals surface area contributed by atoms with Crippen LogP contribution in [0.15, 0.2) is 109 Å². The minimum atomic E-state index is -0.0874. The first-order valence-corrected chi connectivity index (χ1v) is 11.8. The van der Waals surface area contributed by atoms with Crippen LogP contribution in [0.25, 0.3) is 10.9 Å². The van der Waals surface area contributed by atoms with E-state index < -0.39 is 0 Å². The van der Waals surface area contributed by atoms with Gasteiger partial charge in [0.2, 0.25) is 0 Å². The summed E-state index contributed by atoms with van der Waals surface area (Å²) in [6.45, 7) is 4.29. The Hall–Kier alpha value is -4.38. The number of pyridine rings is 2. The highest BCUT2D eigenvalue weighted by atomic mass is 16.1. The lowest BCUT2D eigenvalue weighted by molar-refractivity contribution is 0.103. The monoisotopic (exact) mass is 458 g/mol. The molecule has 0 aliphatic rings. The molecule has 1 atom stereocenters. The number of benzene rings is 2. The summed E-state index contributed by atoms with van der Waals surface area (Å²) < 4.78 is 2.16. The lowest BCUT2D eigenvalue weighted by Gasteiger charge is -2.12. The van der Waals surface area contributed by atoms with Crippen molar-refractivity contribution in [2.24, 2.45) is 4.99 Å². The Morgan fingerprint density at radius 2 is 1.57 bits per heavy atom. The molecule has 0 saturated heterocycles. The summed E-state index contributed by atoms with van der Waals surface area (Å²) in [7, 11) is 0. The van der Waals surface area contributed by atoms with E-state index in [0.717, 1.165) is 34.2 Å². The third-order valence-electron chi connectivity index (χ3n) is 6.27. The van der Waals surface area contributed by atoms with Gasteiger partial charge < -0.3 is 4.57 Å². The average Bonchev–Trinajstić information content (AvgIpc) is 3.32. The maximum Gasteiger partial charge on any atom is 0.196 e.